The van der Waals surface area contributed by atoms with Crippen LogP contribution in [0.25, 0.3) is 22.9 Å². The summed E-state index contributed by atoms with van der Waals surface area (Å²) in [6.07, 6.45) is 0. The monoisotopic (exact) mass is 252 g/mol. The number of nitrogens with zero attached hydrogens (tertiary/aromatic N) is 2. The number of para-hydroxylation sites is 1. The Morgan fingerprint density at radius 1 is 0.842 bits per heavy atom. The summed E-state index contributed by atoms with van der Waals surface area (Å²) in [5, 5.41) is 17.8. The average molecular weight is 252 g/mol. The lowest BCUT2D eigenvalue weighted by Gasteiger charge is -1.99. The summed E-state index contributed by atoms with van der Waals surface area (Å²) in [6.45, 7) is 1.99. The molecule has 3 rings (SSSR count). The van der Waals surface area contributed by atoms with E-state index in [4.69, 9.17) is 4.42 Å². The fourth-order valence-corrected chi connectivity index (χ4v) is 1.91. The van der Waals surface area contributed by atoms with Gasteiger partial charge in [0, 0.05) is 5.56 Å². The van der Waals surface area contributed by atoms with Gasteiger partial charge in [0.05, 0.1) is 5.56 Å². The molecule has 1 N–H and O–H groups in total. The molecular formula is C15H12N2O2. The van der Waals surface area contributed by atoms with E-state index in [1.807, 2.05) is 37.3 Å². The van der Waals surface area contributed by atoms with Gasteiger partial charge in [-0.05, 0) is 30.7 Å². The zero-order valence-electron chi connectivity index (χ0n) is 10.4. The van der Waals surface area contributed by atoms with Crippen LogP contribution in [-0.2, 0) is 0 Å². The molecule has 19 heavy (non-hydrogen) atoms. The number of aromatic hydroxyl groups is 1. The summed E-state index contributed by atoms with van der Waals surface area (Å²) in [4.78, 5) is 0. The Morgan fingerprint density at radius 3 is 2.11 bits per heavy atom. The first kappa shape index (κ1) is 11.5. The first-order valence-corrected chi connectivity index (χ1v) is 5.93. The lowest BCUT2D eigenvalue weighted by atomic mass is 10.1. The highest BCUT2D eigenvalue weighted by Crippen LogP contribution is 2.30. The van der Waals surface area contributed by atoms with Crippen LogP contribution >= 0.6 is 0 Å². The Balaban J connectivity index is 2.06. The molecule has 0 atom stereocenters. The Kier molecular flexibility index (Phi) is 2.76. The standard InChI is InChI=1S/C15H12N2O2/c1-10-6-2-3-7-11(10)14-16-17-15(19-14)12-8-4-5-9-13(12)18/h2-9,18H,1H3. The summed E-state index contributed by atoms with van der Waals surface area (Å²) in [5.74, 6) is 0.898. The number of rotatable bonds is 2. The maximum atomic E-state index is 9.77. The largest absolute Gasteiger partial charge is 0.507 e. The minimum Gasteiger partial charge on any atom is -0.507 e. The molecule has 0 aliphatic rings. The molecule has 0 unspecified atom stereocenters. The van der Waals surface area contributed by atoms with Crippen LogP contribution in [0.2, 0.25) is 0 Å². The molecule has 0 aliphatic carbocycles. The number of aryl methyl sites for hydroxylation is 1. The minimum absolute atomic E-state index is 0.127. The van der Waals surface area contributed by atoms with Crippen LogP contribution in [0.4, 0.5) is 0 Å². The fraction of sp³-hybridized carbons (Fsp3) is 0.0667. The van der Waals surface area contributed by atoms with Crippen molar-refractivity contribution in [1.29, 1.82) is 0 Å². The summed E-state index contributed by atoms with van der Waals surface area (Å²) >= 11 is 0. The summed E-state index contributed by atoms with van der Waals surface area (Å²) < 4.78 is 5.64. The van der Waals surface area contributed by atoms with Crippen LogP contribution in [0, 0.1) is 6.92 Å². The molecule has 94 valence electrons. The first-order chi connectivity index (χ1) is 9.25. The number of aromatic nitrogens is 2. The smallest absolute Gasteiger partial charge is 0.251 e. The average Bonchev–Trinajstić information content (AvgIpc) is 2.89. The second kappa shape index (κ2) is 4.57. The normalized spacial score (nSPS) is 10.6. The molecular weight excluding hydrogens is 240 g/mol. The van der Waals surface area contributed by atoms with Crippen molar-refractivity contribution in [1.82, 2.24) is 10.2 Å². The van der Waals surface area contributed by atoms with E-state index < -0.39 is 0 Å². The third kappa shape index (κ3) is 2.08. The zero-order valence-corrected chi connectivity index (χ0v) is 10.4. The van der Waals surface area contributed by atoms with E-state index in [-0.39, 0.29) is 5.75 Å². The van der Waals surface area contributed by atoms with Gasteiger partial charge in [-0.2, -0.15) is 0 Å². The van der Waals surface area contributed by atoms with E-state index in [9.17, 15) is 5.11 Å². The van der Waals surface area contributed by atoms with E-state index in [0.717, 1.165) is 11.1 Å². The van der Waals surface area contributed by atoms with Gasteiger partial charge in [-0.25, -0.2) is 0 Å². The maximum Gasteiger partial charge on any atom is 0.251 e. The molecule has 0 radical (unpaired) electrons. The predicted octanol–water partition coefficient (Wildman–Crippen LogP) is 3.42. The van der Waals surface area contributed by atoms with Crippen LogP contribution in [-0.4, -0.2) is 15.3 Å². The number of phenolic OH excluding ortho intramolecular Hbond substituents is 1. The maximum absolute atomic E-state index is 9.77. The van der Waals surface area contributed by atoms with Gasteiger partial charge < -0.3 is 9.52 Å². The molecule has 2 aromatic carbocycles. The quantitative estimate of drug-likeness (QED) is 0.759. The molecule has 0 amide bonds. The Morgan fingerprint density at radius 2 is 1.42 bits per heavy atom. The lowest BCUT2D eigenvalue weighted by molar-refractivity contribution is 0.473. The topological polar surface area (TPSA) is 59.2 Å². The van der Waals surface area contributed by atoms with Crippen molar-refractivity contribution in [3.05, 3.63) is 54.1 Å². The van der Waals surface area contributed by atoms with Gasteiger partial charge in [0.15, 0.2) is 0 Å². The van der Waals surface area contributed by atoms with Crippen molar-refractivity contribution < 1.29 is 9.52 Å². The van der Waals surface area contributed by atoms with E-state index in [1.54, 1.807) is 18.2 Å². The third-order valence-electron chi connectivity index (χ3n) is 2.93. The molecule has 4 nitrogen and oxygen atoms in total. The molecule has 0 bridgehead atoms. The Bertz CT molecular complexity index is 659. The van der Waals surface area contributed by atoms with Gasteiger partial charge >= 0.3 is 0 Å². The van der Waals surface area contributed by atoms with Crippen LogP contribution in [0.3, 0.4) is 0 Å². The number of hydrogen-bond donors (Lipinski definition) is 1. The summed E-state index contributed by atoms with van der Waals surface area (Å²) in [6, 6.07) is 14.7. The van der Waals surface area contributed by atoms with Gasteiger partial charge in [-0.1, -0.05) is 30.3 Å². The molecule has 0 fully saturated rings. The summed E-state index contributed by atoms with van der Waals surface area (Å²) in [7, 11) is 0. The molecule has 0 saturated heterocycles. The molecule has 1 heterocycles. The third-order valence-corrected chi connectivity index (χ3v) is 2.93. The van der Waals surface area contributed by atoms with Crippen molar-refractivity contribution in [2.75, 3.05) is 0 Å². The van der Waals surface area contributed by atoms with Crippen molar-refractivity contribution in [2.24, 2.45) is 0 Å². The van der Waals surface area contributed by atoms with Crippen molar-refractivity contribution >= 4 is 0 Å². The van der Waals surface area contributed by atoms with Gasteiger partial charge in [0.2, 0.25) is 5.89 Å². The van der Waals surface area contributed by atoms with Crippen LogP contribution in [0.5, 0.6) is 5.75 Å². The highest BCUT2D eigenvalue weighted by molar-refractivity contribution is 5.64. The Labute approximate surface area is 110 Å². The van der Waals surface area contributed by atoms with Crippen LogP contribution in [0.15, 0.2) is 52.9 Å². The van der Waals surface area contributed by atoms with Crippen LogP contribution in [0.1, 0.15) is 5.56 Å². The minimum atomic E-state index is 0.127. The fourth-order valence-electron chi connectivity index (χ4n) is 1.91. The van der Waals surface area contributed by atoms with Crippen LogP contribution < -0.4 is 0 Å². The van der Waals surface area contributed by atoms with Gasteiger partial charge in [-0.15, -0.1) is 10.2 Å². The highest BCUT2D eigenvalue weighted by atomic mass is 16.4. The van der Waals surface area contributed by atoms with E-state index in [0.29, 0.717) is 17.3 Å². The number of phenols is 1. The molecule has 4 heteroatoms. The first-order valence-electron chi connectivity index (χ1n) is 5.93. The second-order valence-electron chi connectivity index (χ2n) is 4.24. The Hall–Kier alpha value is -2.62. The zero-order chi connectivity index (χ0) is 13.2. The highest BCUT2D eigenvalue weighted by Gasteiger charge is 2.14. The number of hydrogen-bond acceptors (Lipinski definition) is 4. The predicted molar refractivity (Wildman–Crippen MR) is 71.6 cm³/mol. The molecule has 0 aliphatic heterocycles. The molecule has 1 aromatic heterocycles. The van der Waals surface area contributed by atoms with Gasteiger partial charge in [-0.3, -0.25) is 0 Å². The SMILES string of the molecule is Cc1ccccc1-c1nnc(-c2ccccc2O)o1. The summed E-state index contributed by atoms with van der Waals surface area (Å²) in [5.41, 5.74) is 2.50. The molecule has 0 spiro atoms. The van der Waals surface area contributed by atoms with E-state index in [1.165, 1.54) is 0 Å². The van der Waals surface area contributed by atoms with Gasteiger partial charge in [0.1, 0.15) is 5.75 Å². The molecule has 3 aromatic rings. The van der Waals surface area contributed by atoms with Crippen molar-refractivity contribution in [3.63, 3.8) is 0 Å². The van der Waals surface area contributed by atoms with E-state index in [2.05, 4.69) is 10.2 Å². The van der Waals surface area contributed by atoms with Crippen molar-refractivity contribution in [3.8, 4) is 28.7 Å². The number of benzene rings is 2. The van der Waals surface area contributed by atoms with E-state index >= 15 is 0 Å². The molecule has 0 saturated carbocycles. The van der Waals surface area contributed by atoms with Crippen molar-refractivity contribution in [2.45, 2.75) is 6.92 Å². The van der Waals surface area contributed by atoms with Gasteiger partial charge in [0.25, 0.3) is 5.89 Å². The lowest BCUT2D eigenvalue weighted by Crippen LogP contribution is -1.81. The second-order valence-corrected chi connectivity index (χ2v) is 4.24.